The van der Waals surface area contributed by atoms with E-state index in [2.05, 4.69) is 33.1 Å². The lowest BCUT2D eigenvalue weighted by Gasteiger charge is -2.01. The molecule has 0 saturated heterocycles. The molecule has 1 aromatic carbocycles. The number of rotatable bonds is 4. The third kappa shape index (κ3) is 5.43. The van der Waals surface area contributed by atoms with Crippen LogP contribution in [0.1, 0.15) is 9.67 Å². The van der Waals surface area contributed by atoms with Crippen LogP contribution in [0.25, 0.3) is 0 Å². The first-order valence-electron chi connectivity index (χ1n) is 6.03. The lowest BCUT2D eigenvalue weighted by atomic mass is 10.3. The smallest absolute Gasteiger partial charge is 0.262 e. The van der Waals surface area contributed by atoms with Gasteiger partial charge in [0.1, 0.15) is 12.4 Å². The van der Waals surface area contributed by atoms with E-state index in [0.717, 1.165) is 10.2 Å². The highest BCUT2D eigenvalue weighted by atomic mass is 79.9. The average molecular weight is 385 g/mol. The second kappa shape index (κ2) is 8.08. The Kier molecular flexibility index (Phi) is 6.12. The largest absolute Gasteiger partial charge is 0.481 e. The molecule has 0 saturated carbocycles. The molecule has 108 valence electrons. The SMILES string of the molecule is O=C(NCC#CCOc1cccc(Br)c1)c1ccc(Cl)s1. The summed E-state index contributed by atoms with van der Waals surface area (Å²) >= 11 is 10.4. The first-order chi connectivity index (χ1) is 10.1. The predicted molar refractivity (Wildman–Crippen MR) is 89.1 cm³/mol. The van der Waals surface area contributed by atoms with E-state index in [0.29, 0.717) is 9.21 Å². The Balaban J connectivity index is 1.71. The molecule has 0 aliphatic heterocycles. The fourth-order valence-corrected chi connectivity index (χ4v) is 2.78. The molecule has 2 rings (SSSR count). The number of halogens is 2. The van der Waals surface area contributed by atoms with E-state index < -0.39 is 0 Å². The second-order valence-corrected chi connectivity index (χ2v) is 6.52. The number of thiophene rings is 1. The highest BCUT2D eigenvalue weighted by molar-refractivity contribution is 9.10. The van der Waals surface area contributed by atoms with Gasteiger partial charge in [-0.25, -0.2) is 0 Å². The average Bonchev–Trinajstić information content (AvgIpc) is 2.89. The van der Waals surface area contributed by atoms with Gasteiger partial charge in [0.25, 0.3) is 5.91 Å². The lowest BCUT2D eigenvalue weighted by molar-refractivity contribution is 0.0962. The molecule has 1 aromatic heterocycles. The van der Waals surface area contributed by atoms with E-state index in [1.807, 2.05) is 24.3 Å². The van der Waals surface area contributed by atoms with Crippen molar-refractivity contribution in [2.24, 2.45) is 0 Å². The standard InChI is InChI=1S/C15H11BrClNO2S/c16-11-4-3-5-12(10-11)20-9-2-1-8-18-15(19)13-6-7-14(17)21-13/h3-7,10H,8-9H2,(H,18,19). The minimum atomic E-state index is -0.172. The molecule has 0 aliphatic carbocycles. The van der Waals surface area contributed by atoms with Crippen molar-refractivity contribution in [1.29, 1.82) is 0 Å². The van der Waals surface area contributed by atoms with Gasteiger partial charge in [-0.2, -0.15) is 0 Å². The Morgan fingerprint density at radius 1 is 1.33 bits per heavy atom. The van der Waals surface area contributed by atoms with Crippen molar-refractivity contribution in [3.8, 4) is 17.6 Å². The number of ether oxygens (including phenoxy) is 1. The Labute approximate surface area is 140 Å². The summed E-state index contributed by atoms with van der Waals surface area (Å²) < 4.78 is 7.00. The first kappa shape index (κ1) is 15.9. The van der Waals surface area contributed by atoms with Gasteiger partial charge in [-0.15, -0.1) is 11.3 Å². The third-order valence-corrected chi connectivity index (χ3v) is 4.09. The zero-order valence-electron chi connectivity index (χ0n) is 10.9. The van der Waals surface area contributed by atoms with Gasteiger partial charge >= 0.3 is 0 Å². The molecule has 0 bridgehead atoms. The number of amides is 1. The van der Waals surface area contributed by atoms with E-state index in [9.17, 15) is 4.79 Å². The molecule has 6 heteroatoms. The Hall–Kier alpha value is -1.48. The molecular weight excluding hydrogens is 374 g/mol. The Bertz CT molecular complexity index is 690. The number of benzene rings is 1. The van der Waals surface area contributed by atoms with E-state index in [4.69, 9.17) is 16.3 Å². The van der Waals surface area contributed by atoms with Crippen molar-refractivity contribution in [2.75, 3.05) is 13.2 Å². The van der Waals surface area contributed by atoms with Gasteiger partial charge in [-0.05, 0) is 30.3 Å². The molecule has 1 heterocycles. The van der Waals surface area contributed by atoms with Crippen LogP contribution in [0.15, 0.2) is 40.9 Å². The summed E-state index contributed by atoms with van der Waals surface area (Å²) in [6.45, 7) is 0.549. The van der Waals surface area contributed by atoms with Gasteiger partial charge in [0, 0.05) is 4.47 Å². The molecule has 0 atom stereocenters. The number of nitrogens with one attached hydrogen (secondary N) is 1. The van der Waals surface area contributed by atoms with Crippen LogP contribution in [0.3, 0.4) is 0 Å². The summed E-state index contributed by atoms with van der Waals surface area (Å²) in [7, 11) is 0. The van der Waals surface area contributed by atoms with Crippen molar-refractivity contribution >= 4 is 44.8 Å². The Morgan fingerprint density at radius 3 is 2.90 bits per heavy atom. The maximum atomic E-state index is 11.7. The normalized spacial score (nSPS) is 9.62. The Morgan fingerprint density at radius 2 is 2.19 bits per heavy atom. The quantitative estimate of drug-likeness (QED) is 0.810. The highest BCUT2D eigenvalue weighted by Gasteiger charge is 2.06. The fraction of sp³-hybridized carbons (Fsp3) is 0.133. The van der Waals surface area contributed by atoms with Gasteiger partial charge in [0.05, 0.1) is 15.8 Å². The lowest BCUT2D eigenvalue weighted by Crippen LogP contribution is -2.22. The third-order valence-electron chi connectivity index (χ3n) is 2.37. The maximum absolute atomic E-state index is 11.7. The van der Waals surface area contributed by atoms with Crippen LogP contribution in [-0.4, -0.2) is 19.1 Å². The number of carbonyl (C=O) groups is 1. The highest BCUT2D eigenvalue weighted by Crippen LogP contribution is 2.21. The van der Waals surface area contributed by atoms with Gasteiger partial charge in [-0.3, -0.25) is 4.79 Å². The van der Waals surface area contributed by atoms with Crippen molar-refractivity contribution in [3.63, 3.8) is 0 Å². The molecule has 0 unspecified atom stereocenters. The van der Waals surface area contributed by atoms with Crippen LogP contribution >= 0.6 is 38.9 Å². The number of hydrogen-bond acceptors (Lipinski definition) is 3. The molecule has 0 fully saturated rings. The molecule has 0 aliphatic rings. The minimum Gasteiger partial charge on any atom is -0.481 e. The number of hydrogen-bond donors (Lipinski definition) is 1. The van der Waals surface area contributed by atoms with Gasteiger partial charge in [0.2, 0.25) is 0 Å². The van der Waals surface area contributed by atoms with Crippen molar-refractivity contribution < 1.29 is 9.53 Å². The molecule has 0 radical (unpaired) electrons. The second-order valence-electron chi connectivity index (χ2n) is 3.89. The van der Waals surface area contributed by atoms with Crippen LogP contribution < -0.4 is 10.1 Å². The topological polar surface area (TPSA) is 38.3 Å². The first-order valence-corrected chi connectivity index (χ1v) is 8.01. The van der Waals surface area contributed by atoms with Crippen LogP contribution in [0.4, 0.5) is 0 Å². The maximum Gasteiger partial charge on any atom is 0.262 e. The predicted octanol–water partition coefficient (Wildman–Crippen LogP) is 3.98. The van der Waals surface area contributed by atoms with Crippen molar-refractivity contribution in [1.82, 2.24) is 5.32 Å². The van der Waals surface area contributed by atoms with Crippen LogP contribution in [0, 0.1) is 11.8 Å². The van der Waals surface area contributed by atoms with Crippen LogP contribution in [-0.2, 0) is 0 Å². The summed E-state index contributed by atoms with van der Waals surface area (Å²) in [6.07, 6.45) is 0. The van der Waals surface area contributed by atoms with E-state index >= 15 is 0 Å². The molecule has 21 heavy (non-hydrogen) atoms. The van der Waals surface area contributed by atoms with Crippen LogP contribution in [0.2, 0.25) is 4.34 Å². The van der Waals surface area contributed by atoms with Crippen molar-refractivity contribution in [3.05, 3.63) is 50.1 Å². The molecule has 2 aromatic rings. The monoisotopic (exact) mass is 383 g/mol. The van der Waals surface area contributed by atoms with Gasteiger partial charge in [-0.1, -0.05) is 45.4 Å². The summed E-state index contributed by atoms with van der Waals surface area (Å²) in [5.74, 6) is 6.25. The molecule has 0 spiro atoms. The summed E-state index contributed by atoms with van der Waals surface area (Å²) in [5, 5.41) is 2.70. The molecule has 1 N–H and O–H groups in total. The molecule has 1 amide bonds. The molecule has 3 nitrogen and oxygen atoms in total. The van der Waals surface area contributed by atoms with Crippen LogP contribution in [0.5, 0.6) is 5.75 Å². The number of carbonyl (C=O) groups excluding carboxylic acids is 1. The summed E-state index contributed by atoms with van der Waals surface area (Å²) in [4.78, 5) is 12.3. The zero-order valence-corrected chi connectivity index (χ0v) is 14.0. The fourth-order valence-electron chi connectivity index (χ4n) is 1.44. The van der Waals surface area contributed by atoms with Gasteiger partial charge in [0.15, 0.2) is 0 Å². The van der Waals surface area contributed by atoms with E-state index in [1.54, 1.807) is 12.1 Å². The molecular formula is C15H11BrClNO2S. The zero-order chi connectivity index (χ0) is 15.1. The van der Waals surface area contributed by atoms with Crippen molar-refractivity contribution in [2.45, 2.75) is 0 Å². The van der Waals surface area contributed by atoms with E-state index in [1.165, 1.54) is 11.3 Å². The van der Waals surface area contributed by atoms with E-state index in [-0.39, 0.29) is 19.1 Å². The minimum absolute atomic E-state index is 0.172. The summed E-state index contributed by atoms with van der Waals surface area (Å²) in [6, 6.07) is 10.9. The van der Waals surface area contributed by atoms with Gasteiger partial charge < -0.3 is 10.1 Å². The summed E-state index contributed by atoms with van der Waals surface area (Å²) in [5.41, 5.74) is 0.